The van der Waals surface area contributed by atoms with Crippen molar-refractivity contribution in [3.8, 4) is 0 Å². The second-order valence-electron chi connectivity index (χ2n) is 22.9. The van der Waals surface area contributed by atoms with Gasteiger partial charge in [-0.25, -0.2) is 9.13 Å². The highest BCUT2D eigenvalue weighted by atomic mass is 31.2. The van der Waals surface area contributed by atoms with Gasteiger partial charge in [0.1, 0.15) is 19.3 Å². The van der Waals surface area contributed by atoms with E-state index in [0.29, 0.717) is 37.5 Å². The number of carbonyl (C=O) groups excluding carboxylic acids is 4. The Kier molecular flexibility index (Phi) is 50.4. The average molecular weight is 1170 g/mol. The van der Waals surface area contributed by atoms with Crippen molar-refractivity contribution in [2.75, 3.05) is 39.6 Å². The molecule has 0 saturated heterocycles. The smallest absolute Gasteiger partial charge is 0.462 e. The Balaban J connectivity index is 5.25. The van der Waals surface area contributed by atoms with Crippen LogP contribution in [0.25, 0.3) is 0 Å². The number of phosphoric acid groups is 2. The first-order valence-corrected chi connectivity index (χ1v) is 34.4. The van der Waals surface area contributed by atoms with Crippen LogP contribution in [0.5, 0.6) is 0 Å². The van der Waals surface area contributed by atoms with E-state index in [1.54, 1.807) is 0 Å². The molecule has 17 nitrogen and oxygen atoms in total. The lowest BCUT2D eigenvalue weighted by molar-refractivity contribution is -0.161. The summed E-state index contributed by atoms with van der Waals surface area (Å²) in [5, 5.41) is 10.5. The van der Waals surface area contributed by atoms with Crippen LogP contribution < -0.4 is 0 Å². The minimum atomic E-state index is -4.94. The standard InChI is InChI=1S/C60H116O17P2/c1-8-10-11-12-13-14-19-27-34-41-57(62)70-48-56(77-60(65)44-37-30-23-22-26-33-40-53(7)9-2)50-75-79(68,69)73-46-54(61)45-72-78(66,67)74-49-55(76-59(64)43-36-29-21-16-18-25-32-39-52(5)6)47-71-58(63)42-35-28-20-15-17-24-31-38-51(3)4/h51-56,61H,8-50H2,1-7H3,(H,66,67)(H,68,69)/t53?,54-,55-,56-/m1/s1. The van der Waals surface area contributed by atoms with Gasteiger partial charge >= 0.3 is 39.5 Å². The molecular weight excluding hydrogens is 1050 g/mol. The maximum Gasteiger partial charge on any atom is 0.472 e. The first-order chi connectivity index (χ1) is 37.8. The van der Waals surface area contributed by atoms with Crippen LogP contribution in [0.1, 0.15) is 286 Å². The molecular formula is C60H116O17P2. The highest BCUT2D eigenvalue weighted by Crippen LogP contribution is 2.45. The first-order valence-electron chi connectivity index (χ1n) is 31.4. The van der Waals surface area contributed by atoms with Crippen LogP contribution in [0.2, 0.25) is 0 Å². The van der Waals surface area contributed by atoms with Crippen molar-refractivity contribution in [1.29, 1.82) is 0 Å². The minimum absolute atomic E-state index is 0.102. The van der Waals surface area contributed by atoms with E-state index in [2.05, 4.69) is 48.5 Å². The van der Waals surface area contributed by atoms with Gasteiger partial charge in [0.05, 0.1) is 26.4 Å². The fraction of sp³-hybridized carbons (Fsp3) is 0.933. The van der Waals surface area contributed by atoms with Crippen molar-refractivity contribution in [3.05, 3.63) is 0 Å². The van der Waals surface area contributed by atoms with E-state index in [0.717, 1.165) is 102 Å². The van der Waals surface area contributed by atoms with Crippen LogP contribution in [0, 0.1) is 17.8 Å². The van der Waals surface area contributed by atoms with E-state index < -0.39 is 97.5 Å². The minimum Gasteiger partial charge on any atom is -0.462 e. The molecule has 0 spiro atoms. The van der Waals surface area contributed by atoms with Crippen LogP contribution in [0.3, 0.4) is 0 Å². The fourth-order valence-electron chi connectivity index (χ4n) is 8.74. The van der Waals surface area contributed by atoms with Crippen molar-refractivity contribution < 1.29 is 80.2 Å². The Bertz CT molecular complexity index is 1580. The maximum absolute atomic E-state index is 12.9. The van der Waals surface area contributed by atoms with Gasteiger partial charge < -0.3 is 33.8 Å². The molecule has 0 aromatic carbocycles. The zero-order valence-corrected chi connectivity index (χ0v) is 52.6. The van der Waals surface area contributed by atoms with Crippen molar-refractivity contribution in [3.63, 3.8) is 0 Å². The number of aliphatic hydroxyl groups excluding tert-OH is 1. The van der Waals surface area contributed by atoms with Gasteiger partial charge in [0.15, 0.2) is 12.2 Å². The molecule has 0 aromatic heterocycles. The van der Waals surface area contributed by atoms with E-state index in [1.165, 1.54) is 89.9 Å². The van der Waals surface area contributed by atoms with Gasteiger partial charge in [-0.1, -0.05) is 235 Å². The maximum atomic E-state index is 12.9. The van der Waals surface area contributed by atoms with Gasteiger partial charge in [-0.2, -0.15) is 0 Å². The zero-order chi connectivity index (χ0) is 58.8. The van der Waals surface area contributed by atoms with E-state index in [1.807, 2.05) is 0 Å². The van der Waals surface area contributed by atoms with Crippen LogP contribution >= 0.6 is 15.6 Å². The second-order valence-corrected chi connectivity index (χ2v) is 25.8. The number of ether oxygens (including phenoxy) is 4. The van der Waals surface area contributed by atoms with Gasteiger partial charge in [0.2, 0.25) is 0 Å². The number of carbonyl (C=O) groups is 4. The third kappa shape index (κ3) is 53.8. The highest BCUT2D eigenvalue weighted by molar-refractivity contribution is 7.47. The number of rotatable bonds is 58. The summed E-state index contributed by atoms with van der Waals surface area (Å²) in [6.07, 6.45) is 30.9. The molecule has 0 rings (SSSR count). The summed E-state index contributed by atoms with van der Waals surface area (Å²) >= 11 is 0. The first kappa shape index (κ1) is 77.1. The average Bonchev–Trinajstić information content (AvgIpc) is 3.40. The molecule has 3 unspecified atom stereocenters. The number of esters is 4. The van der Waals surface area contributed by atoms with Gasteiger partial charge in [0, 0.05) is 25.7 Å². The van der Waals surface area contributed by atoms with Crippen LogP contribution in [-0.2, 0) is 65.4 Å². The third-order valence-corrected chi connectivity index (χ3v) is 15.9. The van der Waals surface area contributed by atoms with Crippen molar-refractivity contribution in [2.45, 2.75) is 304 Å². The van der Waals surface area contributed by atoms with E-state index in [-0.39, 0.29) is 25.7 Å². The lowest BCUT2D eigenvalue weighted by atomic mass is 10.00. The quantitative estimate of drug-likeness (QED) is 0.0222. The third-order valence-electron chi connectivity index (χ3n) is 14.0. The Morgan fingerprint density at radius 3 is 0.962 bits per heavy atom. The van der Waals surface area contributed by atoms with Gasteiger partial charge in [0.25, 0.3) is 0 Å². The predicted molar refractivity (Wildman–Crippen MR) is 312 cm³/mol. The monoisotopic (exact) mass is 1170 g/mol. The fourth-order valence-corrected chi connectivity index (χ4v) is 10.3. The van der Waals surface area contributed by atoms with Gasteiger partial charge in [-0.3, -0.25) is 37.3 Å². The van der Waals surface area contributed by atoms with Gasteiger partial charge in [-0.05, 0) is 43.4 Å². The Hall–Kier alpha value is -1.94. The second kappa shape index (κ2) is 51.7. The molecule has 0 aliphatic carbocycles. The van der Waals surface area contributed by atoms with E-state index in [9.17, 15) is 43.2 Å². The number of aliphatic hydroxyl groups is 1. The van der Waals surface area contributed by atoms with E-state index >= 15 is 0 Å². The van der Waals surface area contributed by atoms with Crippen molar-refractivity contribution in [1.82, 2.24) is 0 Å². The van der Waals surface area contributed by atoms with Crippen LogP contribution in [0.15, 0.2) is 0 Å². The normalized spacial score (nSPS) is 14.8. The molecule has 0 saturated carbocycles. The number of phosphoric ester groups is 2. The summed E-state index contributed by atoms with van der Waals surface area (Å²) in [7, 11) is -9.88. The van der Waals surface area contributed by atoms with Crippen LogP contribution in [-0.4, -0.2) is 96.7 Å². The summed E-state index contributed by atoms with van der Waals surface area (Å²) in [6, 6.07) is 0. The molecule has 0 heterocycles. The lowest BCUT2D eigenvalue weighted by Gasteiger charge is -2.21. The lowest BCUT2D eigenvalue weighted by Crippen LogP contribution is -2.30. The molecule has 6 atom stereocenters. The summed E-state index contributed by atoms with van der Waals surface area (Å²) in [6.45, 7) is 11.6. The Labute approximate surface area is 479 Å². The molecule has 0 bridgehead atoms. The number of unbranched alkanes of at least 4 members (excludes halogenated alkanes) is 25. The molecule has 79 heavy (non-hydrogen) atoms. The van der Waals surface area contributed by atoms with Gasteiger partial charge in [-0.15, -0.1) is 0 Å². The molecule has 0 aliphatic heterocycles. The van der Waals surface area contributed by atoms with Crippen molar-refractivity contribution in [2.24, 2.45) is 17.8 Å². The molecule has 468 valence electrons. The summed E-state index contributed by atoms with van der Waals surface area (Å²) < 4.78 is 67.7. The Morgan fingerprint density at radius 1 is 0.367 bits per heavy atom. The Morgan fingerprint density at radius 2 is 0.646 bits per heavy atom. The summed E-state index contributed by atoms with van der Waals surface area (Å²) in [4.78, 5) is 71.9. The topological polar surface area (TPSA) is 237 Å². The number of hydrogen-bond donors (Lipinski definition) is 3. The summed E-state index contributed by atoms with van der Waals surface area (Å²) in [5.41, 5.74) is 0. The molecule has 0 radical (unpaired) electrons. The predicted octanol–water partition coefficient (Wildman–Crippen LogP) is 15.9. The molecule has 0 aliphatic rings. The van der Waals surface area contributed by atoms with Crippen molar-refractivity contribution >= 4 is 39.5 Å². The SMILES string of the molecule is CCCCCCCCCCCC(=O)OC[C@H](COP(=O)(O)OC[C@H](O)COP(=O)(O)OC[C@@H](COC(=O)CCCCCCCCCC(C)C)OC(=O)CCCCCCCCCC(C)C)OC(=O)CCCCCCCCC(C)CC. The van der Waals surface area contributed by atoms with E-state index in [4.69, 9.17) is 37.0 Å². The highest BCUT2D eigenvalue weighted by Gasteiger charge is 2.30. The summed E-state index contributed by atoms with van der Waals surface area (Å²) in [5.74, 6) is -0.0266. The molecule has 19 heteroatoms. The molecule has 0 aromatic rings. The molecule has 3 N–H and O–H groups in total. The zero-order valence-electron chi connectivity index (χ0n) is 50.8. The number of hydrogen-bond acceptors (Lipinski definition) is 15. The molecule has 0 amide bonds. The molecule has 0 fully saturated rings. The largest absolute Gasteiger partial charge is 0.472 e. The van der Waals surface area contributed by atoms with Crippen LogP contribution in [0.4, 0.5) is 0 Å².